The molecule has 1 N–H and O–H groups in total. The molecular formula is C17H14BrNO2. The minimum Gasteiger partial charge on any atom is -0.326 e. The van der Waals surface area contributed by atoms with E-state index in [0.29, 0.717) is 24.0 Å². The van der Waals surface area contributed by atoms with Crippen LogP contribution in [0.5, 0.6) is 0 Å². The SMILES string of the molecule is Cc1ccc(C(=O)c2ccc3c(c2)CCC(=O)N3)c(Br)c1. The molecule has 0 atom stereocenters. The van der Waals surface area contributed by atoms with Gasteiger partial charge >= 0.3 is 0 Å². The molecule has 106 valence electrons. The lowest BCUT2D eigenvalue weighted by atomic mass is 9.96. The smallest absolute Gasteiger partial charge is 0.224 e. The number of amides is 1. The molecule has 0 radical (unpaired) electrons. The Labute approximate surface area is 131 Å². The topological polar surface area (TPSA) is 46.2 Å². The number of aryl methyl sites for hydroxylation is 2. The van der Waals surface area contributed by atoms with Crippen molar-refractivity contribution in [3.05, 3.63) is 63.1 Å². The number of hydrogen-bond acceptors (Lipinski definition) is 2. The summed E-state index contributed by atoms with van der Waals surface area (Å²) in [5.74, 6) is 0.0180. The van der Waals surface area contributed by atoms with E-state index >= 15 is 0 Å². The lowest BCUT2D eigenvalue weighted by Gasteiger charge is -2.17. The van der Waals surface area contributed by atoms with Crippen LogP contribution in [-0.4, -0.2) is 11.7 Å². The van der Waals surface area contributed by atoms with Gasteiger partial charge in [-0.2, -0.15) is 0 Å². The number of ketones is 1. The van der Waals surface area contributed by atoms with E-state index in [4.69, 9.17) is 0 Å². The molecule has 1 aliphatic rings. The highest BCUT2D eigenvalue weighted by Gasteiger charge is 2.18. The first-order chi connectivity index (χ1) is 10.0. The zero-order valence-corrected chi connectivity index (χ0v) is 13.2. The van der Waals surface area contributed by atoms with Crippen molar-refractivity contribution in [2.45, 2.75) is 19.8 Å². The molecule has 1 heterocycles. The van der Waals surface area contributed by atoms with E-state index in [1.54, 1.807) is 6.07 Å². The number of anilines is 1. The van der Waals surface area contributed by atoms with Gasteiger partial charge in [0.1, 0.15) is 0 Å². The molecule has 0 unspecified atom stereocenters. The van der Waals surface area contributed by atoms with E-state index < -0.39 is 0 Å². The van der Waals surface area contributed by atoms with Crippen LogP contribution in [0.2, 0.25) is 0 Å². The number of rotatable bonds is 2. The molecule has 0 saturated heterocycles. The Hall–Kier alpha value is -1.94. The summed E-state index contributed by atoms with van der Waals surface area (Å²) >= 11 is 3.45. The molecule has 0 saturated carbocycles. The van der Waals surface area contributed by atoms with Crippen molar-refractivity contribution < 1.29 is 9.59 Å². The van der Waals surface area contributed by atoms with Crippen LogP contribution in [0.15, 0.2) is 40.9 Å². The van der Waals surface area contributed by atoms with Crippen molar-refractivity contribution in [3.63, 3.8) is 0 Å². The molecular weight excluding hydrogens is 330 g/mol. The number of halogens is 1. The summed E-state index contributed by atoms with van der Waals surface area (Å²) in [5, 5.41) is 2.83. The van der Waals surface area contributed by atoms with Crippen LogP contribution >= 0.6 is 15.9 Å². The van der Waals surface area contributed by atoms with Crippen molar-refractivity contribution >= 4 is 33.3 Å². The van der Waals surface area contributed by atoms with E-state index in [0.717, 1.165) is 21.3 Å². The molecule has 3 nitrogen and oxygen atoms in total. The van der Waals surface area contributed by atoms with Crippen LogP contribution in [0.1, 0.15) is 33.5 Å². The molecule has 21 heavy (non-hydrogen) atoms. The van der Waals surface area contributed by atoms with Crippen LogP contribution in [0.4, 0.5) is 5.69 Å². The maximum atomic E-state index is 12.6. The minimum atomic E-state index is -0.0124. The maximum Gasteiger partial charge on any atom is 0.224 e. The predicted octanol–water partition coefficient (Wildman–Crippen LogP) is 3.87. The van der Waals surface area contributed by atoms with Gasteiger partial charge in [-0.05, 0) is 54.8 Å². The van der Waals surface area contributed by atoms with Gasteiger partial charge in [-0.25, -0.2) is 0 Å². The van der Waals surface area contributed by atoms with E-state index in [-0.39, 0.29) is 11.7 Å². The number of benzene rings is 2. The first-order valence-corrected chi connectivity index (χ1v) is 7.57. The highest BCUT2D eigenvalue weighted by Crippen LogP contribution is 2.26. The largest absolute Gasteiger partial charge is 0.326 e. The second-order valence-electron chi connectivity index (χ2n) is 5.23. The standard InChI is InChI=1S/C17H14BrNO2/c1-10-2-5-13(14(18)8-10)17(21)12-3-6-15-11(9-12)4-7-16(20)19-15/h2-3,5-6,8-9H,4,7H2,1H3,(H,19,20). The molecule has 0 fully saturated rings. The molecule has 0 aliphatic carbocycles. The molecule has 0 spiro atoms. The normalized spacial score (nSPS) is 13.5. The molecule has 3 rings (SSSR count). The predicted molar refractivity (Wildman–Crippen MR) is 85.7 cm³/mol. The third kappa shape index (κ3) is 2.76. The monoisotopic (exact) mass is 343 g/mol. The van der Waals surface area contributed by atoms with Crippen molar-refractivity contribution in [2.75, 3.05) is 5.32 Å². The van der Waals surface area contributed by atoms with Crippen LogP contribution in [-0.2, 0) is 11.2 Å². The Kier molecular flexibility index (Phi) is 3.64. The summed E-state index contributed by atoms with van der Waals surface area (Å²) in [6, 6.07) is 11.1. The lowest BCUT2D eigenvalue weighted by molar-refractivity contribution is -0.116. The van der Waals surface area contributed by atoms with Gasteiger partial charge in [-0.3, -0.25) is 9.59 Å². The Morgan fingerprint density at radius 3 is 2.71 bits per heavy atom. The highest BCUT2D eigenvalue weighted by atomic mass is 79.9. The van der Waals surface area contributed by atoms with Gasteiger partial charge in [0.2, 0.25) is 5.91 Å². The van der Waals surface area contributed by atoms with E-state index in [2.05, 4.69) is 21.2 Å². The third-order valence-electron chi connectivity index (χ3n) is 3.63. The quantitative estimate of drug-likeness (QED) is 0.841. The summed E-state index contributed by atoms with van der Waals surface area (Å²) in [5.41, 5.74) is 4.23. The Morgan fingerprint density at radius 2 is 1.95 bits per heavy atom. The molecule has 0 bridgehead atoms. The van der Waals surface area contributed by atoms with Gasteiger partial charge in [0.25, 0.3) is 0 Å². The zero-order chi connectivity index (χ0) is 15.0. The number of nitrogens with one attached hydrogen (secondary N) is 1. The summed E-state index contributed by atoms with van der Waals surface area (Å²) in [6.45, 7) is 1.99. The molecule has 2 aromatic carbocycles. The second kappa shape index (κ2) is 5.45. The Balaban J connectivity index is 1.97. The van der Waals surface area contributed by atoms with Gasteiger partial charge in [-0.1, -0.05) is 22.0 Å². The fourth-order valence-electron chi connectivity index (χ4n) is 2.48. The fraction of sp³-hybridized carbons (Fsp3) is 0.176. The summed E-state index contributed by atoms with van der Waals surface area (Å²) in [4.78, 5) is 24.0. The van der Waals surface area contributed by atoms with Crippen molar-refractivity contribution in [1.29, 1.82) is 0 Å². The Morgan fingerprint density at radius 1 is 1.14 bits per heavy atom. The molecule has 0 aromatic heterocycles. The van der Waals surface area contributed by atoms with Gasteiger partial charge in [0.05, 0.1) is 0 Å². The fourth-order valence-corrected chi connectivity index (χ4v) is 3.16. The van der Waals surface area contributed by atoms with Gasteiger partial charge < -0.3 is 5.32 Å². The summed E-state index contributed by atoms with van der Waals surface area (Å²) in [7, 11) is 0. The molecule has 2 aromatic rings. The van der Waals surface area contributed by atoms with Crippen LogP contribution < -0.4 is 5.32 Å². The molecule has 1 amide bonds. The van der Waals surface area contributed by atoms with E-state index in [1.165, 1.54) is 0 Å². The van der Waals surface area contributed by atoms with Crippen molar-refractivity contribution in [3.8, 4) is 0 Å². The van der Waals surface area contributed by atoms with E-state index in [9.17, 15) is 9.59 Å². The van der Waals surface area contributed by atoms with Crippen LogP contribution in [0.3, 0.4) is 0 Å². The summed E-state index contributed by atoms with van der Waals surface area (Å²) in [6.07, 6.45) is 1.15. The first-order valence-electron chi connectivity index (χ1n) is 6.78. The van der Waals surface area contributed by atoms with Gasteiger partial charge in [-0.15, -0.1) is 0 Å². The number of carbonyl (C=O) groups excluding carboxylic acids is 2. The van der Waals surface area contributed by atoms with Crippen molar-refractivity contribution in [1.82, 2.24) is 0 Å². The third-order valence-corrected chi connectivity index (χ3v) is 4.29. The van der Waals surface area contributed by atoms with Crippen LogP contribution in [0.25, 0.3) is 0 Å². The van der Waals surface area contributed by atoms with Gasteiger partial charge in [0.15, 0.2) is 5.78 Å². The first kappa shape index (κ1) is 14.0. The number of hydrogen-bond donors (Lipinski definition) is 1. The maximum absolute atomic E-state index is 12.6. The average molecular weight is 344 g/mol. The molecule has 1 aliphatic heterocycles. The minimum absolute atomic E-state index is 0.0124. The average Bonchev–Trinajstić information content (AvgIpc) is 2.46. The highest BCUT2D eigenvalue weighted by molar-refractivity contribution is 9.10. The van der Waals surface area contributed by atoms with E-state index in [1.807, 2.05) is 37.3 Å². The molecule has 4 heteroatoms. The number of carbonyl (C=O) groups is 2. The lowest BCUT2D eigenvalue weighted by Crippen LogP contribution is -2.19. The summed E-state index contributed by atoms with van der Waals surface area (Å²) < 4.78 is 0.804. The number of fused-ring (bicyclic) bond motifs is 1. The van der Waals surface area contributed by atoms with Crippen molar-refractivity contribution in [2.24, 2.45) is 0 Å². The zero-order valence-electron chi connectivity index (χ0n) is 11.6. The van der Waals surface area contributed by atoms with Crippen LogP contribution in [0, 0.1) is 6.92 Å². The Bertz CT molecular complexity index is 752. The second-order valence-corrected chi connectivity index (χ2v) is 6.09. The van der Waals surface area contributed by atoms with Gasteiger partial charge in [0, 0.05) is 27.7 Å².